The van der Waals surface area contributed by atoms with Gasteiger partial charge in [0, 0.05) is 24.8 Å². The van der Waals surface area contributed by atoms with E-state index in [0.29, 0.717) is 11.6 Å². The van der Waals surface area contributed by atoms with Gasteiger partial charge in [-0.3, -0.25) is 0 Å². The van der Waals surface area contributed by atoms with E-state index >= 15 is 0 Å². The highest BCUT2D eigenvalue weighted by Crippen LogP contribution is 2.19. The Morgan fingerprint density at radius 3 is 2.70 bits per heavy atom. The molecule has 0 bridgehead atoms. The second kappa shape index (κ2) is 6.21. The van der Waals surface area contributed by atoms with Crippen molar-refractivity contribution >= 4 is 11.7 Å². The molecule has 106 valence electrons. The molecule has 1 atom stereocenters. The first-order valence-electron chi connectivity index (χ1n) is 6.26. The number of benzene rings is 1. The third kappa shape index (κ3) is 3.58. The first-order chi connectivity index (χ1) is 9.56. The average Bonchev–Trinajstić information content (AvgIpc) is 2.92. The highest BCUT2D eigenvalue weighted by atomic mass is 16.3. The van der Waals surface area contributed by atoms with Gasteiger partial charge < -0.3 is 19.7 Å². The fraction of sp³-hybridized carbons (Fsp3) is 0.286. The van der Waals surface area contributed by atoms with Gasteiger partial charge in [-0.1, -0.05) is 0 Å². The normalized spacial score (nSPS) is 11.9. The van der Waals surface area contributed by atoms with E-state index < -0.39 is 6.10 Å². The molecule has 1 unspecified atom stereocenters. The van der Waals surface area contributed by atoms with E-state index in [1.54, 1.807) is 32.3 Å². The zero-order valence-electron chi connectivity index (χ0n) is 11.4. The van der Waals surface area contributed by atoms with Crippen LogP contribution in [0.25, 0.3) is 11.5 Å². The Bertz CT molecular complexity index is 550. The number of aliphatic hydroxyl groups excluding tert-OH is 1. The molecule has 1 aromatic carbocycles. The standard InChI is InChI=1S/C14H17N3O3/c1-10(18)9-17(2)14(19)16-12-5-3-11(4-6-12)13-15-7-8-20-13/h3-8,10,18H,9H2,1-2H3,(H,16,19). The number of nitrogens with zero attached hydrogens (tertiary/aromatic N) is 2. The summed E-state index contributed by atoms with van der Waals surface area (Å²) in [6.07, 6.45) is 2.53. The summed E-state index contributed by atoms with van der Waals surface area (Å²) in [7, 11) is 1.63. The Hall–Kier alpha value is -2.34. The summed E-state index contributed by atoms with van der Waals surface area (Å²) in [5, 5.41) is 12.0. The number of carbonyl (C=O) groups excluding carboxylic acids is 1. The van der Waals surface area contributed by atoms with Gasteiger partial charge >= 0.3 is 6.03 Å². The number of nitrogens with one attached hydrogen (secondary N) is 1. The number of hydrogen-bond acceptors (Lipinski definition) is 4. The Morgan fingerprint density at radius 1 is 1.45 bits per heavy atom. The lowest BCUT2D eigenvalue weighted by Crippen LogP contribution is -2.36. The minimum Gasteiger partial charge on any atom is -0.445 e. The SMILES string of the molecule is CC(O)CN(C)C(=O)Nc1ccc(-c2ncco2)cc1. The van der Waals surface area contributed by atoms with Crippen LogP contribution in [0.3, 0.4) is 0 Å². The number of rotatable bonds is 4. The largest absolute Gasteiger partial charge is 0.445 e. The maximum absolute atomic E-state index is 11.8. The maximum atomic E-state index is 11.8. The highest BCUT2D eigenvalue weighted by Gasteiger charge is 2.11. The molecule has 0 aliphatic carbocycles. The fourth-order valence-corrected chi connectivity index (χ4v) is 1.76. The molecular formula is C14H17N3O3. The first kappa shape index (κ1) is 14.1. The van der Waals surface area contributed by atoms with Gasteiger partial charge in [0.15, 0.2) is 0 Å². The van der Waals surface area contributed by atoms with E-state index in [0.717, 1.165) is 5.56 Å². The Morgan fingerprint density at radius 2 is 2.15 bits per heavy atom. The van der Waals surface area contributed by atoms with Crippen LogP contribution >= 0.6 is 0 Å². The zero-order valence-corrected chi connectivity index (χ0v) is 11.4. The summed E-state index contributed by atoms with van der Waals surface area (Å²) < 4.78 is 5.19. The molecule has 0 aliphatic rings. The van der Waals surface area contributed by atoms with Crippen molar-refractivity contribution in [1.29, 1.82) is 0 Å². The van der Waals surface area contributed by atoms with Gasteiger partial charge in [-0.15, -0.1) is 0 Å². The van der Waals surface area contributed by atoms with Crippen molar-refractivity contribution in [3.8, 4) is 11.5 Å². The van der Waals surface area contributed by atoms with Crippen LogP contribution in [0, 0.1) is 0 Å². The number of amides is 2. The first-order valence-corrected chi connectivity index (χ1v) is 6.26. The fourth-order valence-electron chi connectivity index (χ4n) is 1.76. The van der Waals surface area contributed by atoms with Gasteiger partial charge in [-0.25, -0.2) is 9.78 Å². The van der Waals surface area contributed by atoms with Crippen LogP contribution in [0.2, 0.25) is 0 Å². The minimum absolute atomic E-state index is 0.269. The van der Waals surface area contributed by atoms with Crippen LogP contribution in [-0.4, -0.2) is 40.7 Å². The molecule has 20 heavy (non-hydrogen) atoms. The molecule has 1 aromatic heterocycles. The second-order valence-electron chi connectivity index (χ2n) is 4.57. The van der Waals surface area contributed by atoms with Crippen LogP contribution in [0.5, 0.6) is 0 Å². The third-order valence-corrected chi connectivity index (χ3v) is 2.70. The molecule has 2 aromatic rings. The summed E-state index contributed by atoms with van der Waals surface area (Å²) in [4.78, 5) is 17.3. The Labute approximate surface area is 117 Å². The quantitative estimate of drug-likeness (QED) is 0.896. The average molecular weight is 275 g/mol. The van der Waals surface area contributed by atoms with Gasteiger partial charge in [0.1, 0.15) is 6.26 Å². The molecule has 0 fully saturated rings. The lowest BCUT2D eigenvalue weighted by molar-refractivity contribution is 0.149. The summed E-state index contributed by atoms with van der Waals surface area (Å²) in [6.45, 7) is 1.91. The Balaban J connectivity index is 1.99. The molecule has 0 aliphatic heterocycles. The lowest BCUT2D eigenvalue weighted by Gasteiger charge is -2.19. The summed E-state index contributed by atoms with van der Waals surface area (Å²) in [5.74, 6) is 0.536. The number of oxazole rings is 1. The molecule has 2 N–H and O–H groups in total. The van der Waals surface area contributed by atoms with Gasteiger partial charge in [0.05, 0.1) is 12.3 Å². The van der Waals surface area contributed by atoms with Crippen molar-refractivity contribution < 1.29 is 14.3 Å². The summed E-state index contributed by atoms with van der Waals surface area (Å²) in [6, 6.07) is 6.91. The number of aliphatic hydroxyl groups is 1. The van der Waals surface area contributed by atoms with Crippen molar-refractivity contribution in [2.24, 2.45) is 0 Å². The minimum atomic E-state index is -0.557. The molecule has 0 saturated carbocycles. The third-order valence-electron chi connectivity index (χ3n) is 2.70. The number of anilines is 1. The van der Waals surface area contributed by atoms with Crippen molar-refractivity contribution in [3.63, 3.8) is 0 Å². The summed E-state index contributed by atoms with van der Waals surface area (Å²) in [5.41, 5.74) is 1.51. The van der Waals surface area contributed by atoms with Crippen molar-refractivity contribution in [3.05, 3.63) is 36.7 Å². The molecule has 2 amide bonds. The van der Waals surface area contributed by atoms with Crippen LogP contribution < -0.4 is 5.32 Å². The molecule has 6 nitrogen and oxygen atoms in total. The van der Waals surface area contributed by atoms with Gasteiger partial charge in [0.25, 0.3) is 0 Å². The number of aromatic nitrogens is 1. The van der Waals surface area contributed by atoms with Crippen LogP contribution in [-0.2, 0) is 0 Å². The lowest BCUT2D eigenvalue weighted by atomic mass is 10.2. The highest BCUT2D eigenvalue weighted by molar-refractivity contribution is 5.89. The second-order valence-corrected chi connectivity index (χ2v) is 4.57. The Kier molecular flexibility index (Phi) is 4.37. The monoisotopic (exact) mass is 275 g/mol. The van der Waals surface area contributed by atoms with Gasteiger partial charge in [0.2, 0.25) is 5.89 Å². The maximum Gasteiger partial charge on any atom is 0.321 e. The smallest absolute Gasteiger partial charge is 0.321 e. The molecule has 2 rings (SSSR count). The van der Waals surface area contributed by atoms with Crippen LogP contribution in [0.4, 0.5) is 10.5 Å². The van der Waals surface area contributed by atoms with Gasteiger partial charge in [-0.05, 0) is 31.2 Å². The predicted molar refractivity (Wildman–Crippen MR) is 75.3 cm³/mol. The topological polar surface area (TPSA) is 78.6 Å². The van der Waals surface area contributed by atoms with E-state index in [2.05, 4.69) is 10.3 Å². The predicted octanol–water partition coefficient (Wildman–Crippen LogP) is 2.19. The molecule has 1 heterocycles. The van der Waals surface area contributed by atoms with E-state index in [1.165, 1.54) is 11.2 Å². The number of carbonyl (C=O) groups is 1. The van der Waals surface area contributed by atoms with Crippen molar-refractivity contribution in [2.75, 3.05) is 18.9 Å². The van der Waals surface area contributed by atoms with E-state index in [9.17, 15) is 9.90 Å². The van der Waals surface area contributed by atoms with E-state index in [4.69, 9.17) is 4.42 Å². The van der Waals surface area contributed by atoms with E-state index in [1.807, 2.05) is 12.1 Å². The molecular weight excluding hydrogens is 258 g/mol. The number of urea groups is 1. The van der Waals surface area contributed by atoms with Crippen LogP contribution in [0.15, 0.2) is 41.1 Å². The number of hydrogen-bond donors (Lipinski definition) is 2. The van der Waals surface area contributed by atoms with Crippen molar-refractivity contribution in [2.45, 2.75) is 13.0 Å². The molecule has 0 spiro atoms. The molecule has 6 heteroatoms. The van der Waals surface area contributed by atoms with Crippen molar-refractivity contribution in [1.82, 2.24) is 9.88 Å². The zero-order chi connectivity index (χ0) is 14.5. The number of likely N-dealkylation sites (N-methyl/N-ethyl adjacent to an activating group) is 1. The van der Waals surface area contributed by atoms with Crippen LogP contribution in [0.1, 0.15) is 6.92 Å². The molecule has 0 saturated heterocycles. The molecule has 0 radical (unpaired) electrons. The van der Waals surface area contributed by atoms with E-state index in [-0.39, 0.29) is 12.6 Å². The summed E-state index contributed by atoms with van der Waals surface area (Å²) >= 11 is 0. The van der Waals surface area contributed by atoms with Gasteiger partial charge in [-0.2, -0.15) is 0 Å².